The van der Waals surface area contributed by atoms with Gasteiger partial charge in [0, 0.05) is 12.5 Å². The summed E-state index contributed by atoms with van der Waals surface area (Å²) in [4.78, 5) is 48.6. The average molecular weight is 363 g/mol. The van der Waals surface area contributed by atoms with E-state index in [1.165, 1.54) is 18.2 Å². The molecular formula is C19H25NO6. The molecule has 0 saturated heterocycles. The molecule has 0 spiro atoms. The molecule has 0 aliphatic carbocycles. The molecule has 142 valence electrons. The number of Topliss-reactive ketones (excluding diaryl/α,β-unsaturated/α-hetero) is 2. The summed E-state index contributed by atoms with van der Waals surface area (Å²) in [7, 11) is 0. The Bertz CT molecular complexity index is 696. The van der Waals surface area contributed by atoms with E-state index < -0.39 is 45.1 Å². The zero-order valence-corrected chi connectivity index (χ0v) is 16.0. The maximum absolute atomic E-state index is 12.9. The Morgan fingerprint density at radius 3 is 2.08 bits per heavy atom. The molecular weight excluding hydrogens is 338 g/mol. The molecule has 1 aromatic carbocycles. The molecule has 0 bridgehead atoms. The summed E-state index contributed by atoms with van der Waals surface area (Å²) in [5.41, 5.74) is -2.09. The van der Waals surface area contributed by atoms with Crippen molar-refractivity contribution >= 4 is 23.2 Å². The third kappa shape index (κ3) is 6.06. The molecule has 0 aliphatic rings. The number of ketones is 2. The zero-order valence-electron chi connectivity index (χ0n) is 16.0. The van der Waals surface area contributed by atoms with Crippen molar-refractivity contribution in [3.05, 3.63) is 39.9 Å². The molecule has 26 heavy (non-hydrogen) atoms. The highest BCUT2D eigenvalue weighted by Crippen LogP contribution is 2.27. The van der Waals surface area contributed by atoms with Crippen LogP contribution >= 0.6 is 0 Å². The van der Waals surface area contributed by atoms with E-state index in [0.29, 0.717) is 0 Å². The molecule has 7 nitrogen and oxygen atoms in total. The van der Waals surface area contributed by atoms with E-state index in [1.807, 2.05) is 0 Å². The van der Waals surface area contributed by atoms with Gasteiger partial charge in [0.2, 0.25) is 0 Å². The van der Waals surface area contributed by atoms with Gasteiger partial charge in [-0.25, -0.2) is 0 Å². The lowest BCUT2D eigenvalue weighted by Gasteiger charge is -2.25. The third-order valence-corrected chi connectivity index (χ3v) is 3.30. The van der Waals surface area contributed by atoms with Crippen LogP contribution in [0.1, 0.15) is 58.3 Å². The number of nitro groups is 1. The second kappa shape index (κ2) is 7.76. The number of esters is 1. The second-order valence-electron chi connectivity index (χ2n) is 8.31. The maximum atomic E-state index is 12.9. The highest BCUT2D eigenvalue weighted by atomic mass is 16.6. The Kier molecular flexibility index (Phi) is 6.41. The fourth-order valence-electron chi connectivity index (χ4n) is 2.37. The number of benzene rings is 1. The van der Waals surface area contributed by atoms with Gasteiger partial charge in [0.05, 0.1) is 10.5 Å². The van der Waals surface area contributed by atoms with Gasteiger partial charge in [0.15, 0.2) is 17.5 Å². The number of ether oxygens (including phenoxy) is 1. The smallest absolute Gasteiger partial charge is 0.325 e. The molecule has 1 rings (SSSR count). The number of rotatable bonds is 6. The molecule has 0 radical (unpaired) electrons. The Morgan fingerprint density at radius 1 is 1.08 bits per heavy atom. The molecule has 1 atom stereocenters. The van der Waals surface area contributed by atoms with Crippen LogP contribution in [0, 0.1) is 21.4 Å². The minimum Gasteiger partial charge on any atom is -0.459 e. The van der Waals surface area contributed by atoms with Gasteiger partial charge >= 0.3 is 5.97 Å². The first-order chi connectivity index (χ1) is 11.7. The molecule has 0 aliphatic heterocycles. The summed E-state index contributed by atoms with van der Waals surface area (Å²) >= 11 is 0. The summed E-state index contributed by atoms with van der Waals surface area (Å²) < 4.78 is 5.23. The summed E-state index contributed by atoms with van der Waals surface area (Å²) in [6.07, 6.45) is -0.0384. The van der Waals surface area contributed by atoms with Gasteiger partial charge in [0.1, 0.15) is 5.60 Å². The molecule has 0 amide bonds. The van der Waals surface area contributed by atoms with E-state index in [1.54, 1.807) is 41.5 Å². The van der Waals surface area contributed by atoms with Crippen molar-refractivity contribution in [1.82, 2.24) is 0 Å². The fourth-order valence-corrected chi connectivity index (χ4v) is 2.37. The van der Waals surface area contributed by atoms with Gasteiger partial charge in [-0.3, -0.25) is 24.5 Å². The summed E-state index contributed by atoms with van der Waals surface area (Å²) in [6, 6.07) is 5.25. The van der Waals surface area contributed by atoms with Gasteiger partial charge in [-0.15, -0.1) is 0 Å². The number of hydrogen-bond donors (Lipinski definition) is 0. The first kappa shape index (κ1) is 21.5. The highest BCUT2D eigenvalue weighted by molar-refractivity contribution is 6.23. The first-order valence-electron chi connectivity index (χ1n) is 8.26. The normalized spacial score (nSPS) is 13.0. The lowest BCUT2D eigenvalue weighted by molar-refractivity contribution is -0.385. The Labute approximate surface area is 152 Å². The maximum Gasteiger partial charge on any atom is 0.325 e. The number of hydrogen-bond acceptors (Lipinski definition) is 6. The largest absolute Gasteiger partial charge is 0.459 e. The molecule has 0 saturated carbocycles. The molecule has 0 aromatic heterocycles. The predicted molar refractivity (Wildman–Crippen MR) is 95.8 cm³/mol. The van der Waals surface area contributed by atoms with Gasteiger partial charge in [-0.05, 0) is 32.3 Å². The van der Waals surface area contributed by atoms with Crippen molar-refractivity contribution in [2.24, 2.45) is 11.3 Å². The monoisotopic (exact) mass is 363 g/mol. The van der Waals surface area contributed by atoms with Crippen molar-refractivity contribution in [3.8, 4) is 0 Å². The van der Waals surface area contributed by atoms with Gasteiger partial charge < -0.3 is 4.74 Å². The van der Waals surface area contributed by atoms with Crippen molar-refractivity contribution < 1.29 is 24.0 Å². The Hall–Kier alpha value is -2.57. The van der Waals surface area contributed by atoms with Crippen LogP contribution in [0.2, 0.25) is 0 Å². The van der Waals surface area contributed by atoms with E-state index in [-0.39, 0.29) is 12.0 Å². The van der Waals surface area contributed by atoms with E-state index in [0.717, 1.165) is 6.07 Å². The number of carbonyl (C=O) groups is 3. The van der Waals surface area contributed by atoms with Crippen molar-refractivity contribution in [2.75, 3.05) is 0 Å². The van der Waals surface area contributed by atoms with Crippen molar-refractivity contribution in [2.45, 2.75) is 53.6 Å². The highest BCUT2D eigenvalue weighted by Gasteiger charge is 2.41. The van der Waals surface area contributed by atoms with Crippen molar-refractivity contribution in [3.63, 3.8) is 0 Å². The van der Waals surface area contributed by atoms with Crippen LogP contribution in [0.3, 0.4) is 0 Å². The number of nitro benzene ring substituents is 1. The molecule has 0 heterocycles. The van der Waals surface area contributed by atoms with Gasteiger partial charge in [-0.2, -0.15) is 0 Å². The topological polar surface area (TPSA) is 104 Å². The molecule has 7 heteroatoms. The van der Waals surface area contributed by atoms with Crippen LogP contribution in [-0.2, 0) is 14.3 Å². The van der Waals surface area contributed by atoms with E-state index in [2.05, 4.69) is 0 Å². The molecule has 0 fully saturated rings. The summed E-state index contributed by atoms with van der Waals surface area (Å²) in [6.45, 7) is 10.2. The van der Waals surface area contributed by atoms with Gasteiger partial charge in [-0.1, -0.05) is 32.9 Å². The Morgan fingerprint density at radius 2 is 1.62 bits per heavy atom. The van der Waals surface area contributed by atoms with Gasteiger partial charge in [0.25, 0.3) is 5.69 Å². The van der Waals surface area contributed by atoms with E-state index in [4.69, 9.17) is 4.74 Å². The summed E-state index contributed by atoms with van der Waals surface area (Å²) in [5.74, 6) is -4.25. The predicted octanol–water partition coefficient (Wildman–Crippen LogP) is 3.74. The van der Waals surface area contributed by atoms with Crippen LogP contribution in [0.4, 0.5) is 5.69 Å². The molecule has 1 unspecified atom stereocenters. The summed E-state index contributed by atoms with van der Waals surface area (Å²) in [5, 5.41) is 11.2. The lowest BCUT2D eigenvalue weighted by atomic mass is 9.82. The van der Waals surface area contributed by atoms with Crippen LogP contribution in [0.5, 0.6) is 0 Å². The molecule has 1 aromatic rings. The minimum absolute atomic E-state index is 0.0384. The Balaban J connectivity index is 3.36. The van der Waals surface area contributed by atoms with Crippen LogP contribution in [-0.4, -0.2) is 28.1 Å². The minimum atomic E-state index is -1.73. The van der Waals surface area contributed by atoms with Crippen LogP contribution < -0.4 is 0 Å². The average Bonchev–Trinajstić information content (AvgIpc) is 2.43. The zero-order chi connectivity index (χ0) is 20.3. The number of carbonyl (C=O) groups excluding carboxylic acids is 3. The number of para-hydroxylation sites is 1. The lowest BCUT2D eigenvalue weighted by Crippen LogP contribution is -2.39. The SMILES string of the molecule is CC(C)(C)CC(=O)C(C(=O)OC(C)(C)C)C(=O)c1ccccc1[N+](=O)[O-]. The quantitative estimate of drug-likeness (QED) is 0.251. The first-order valence-corrected chi connectivity index (χ1v) is 8.26. The second-order valence-corrected chi connectivity index (χ2v) is 8.31. The van der Waals surface area contributed by atoms with E-state index >= 15 is 0 Å². The fraction of sp³-hybridized carbons (Fsp3) is 0.526. The van der Waals surface area contributed by atoms with Crippen LogP contribution in [0.25, 0.3) is 0 Å². The standard InChI is InChI=1S/C19H25NO6/c1-18(2,3)11-14(21)15(17(23)26-19(4,5)6)16(22)12-9-7-8-10-13(12)20(24)25/h7-10,15H,11H2,1-6H3. The van der Waals surface area contributed by atoms with Crippen molar-refractivity contribution in [1.29, 1.82) is 0 Å². The molecule has 0 N–H and O–H groups in total. The van der Waals surface area contributed by atoms with Crippen LogP contribution in [0.15, 0.2) is 24.3 Å². The van der Waals surface area contributed by atoms with E-state index in [9.17, 15) is 24.5 Å². The number of nitrogens with zero attached hydrogens (tertiary/aromatic N) is 1. The third-order valence-electron chi connectivity index (χ3n) is 3.30.